The Morgan fingerprint density at radius 3 is 2.89 bits per heavy atom. The van der Waals surface area contributed by atoms with E-state index in [4.69, 9.17) is 4.74 Å². The normalized spacial score (nSPS) is 22.1. The maximum atomic E-state index is 12.3. The van der Waals surface area contributed by atoms with Crippen LogP contribution in [-0.2, 0) is 9.53 Å². The molecular formula is C15H29NO3. The highest BCUT2D eigenvalue weighted by molar-refractivity contribution is 5.76. The molecule has 112 valence electrons. The summed E-state index contributed by atoms with van der Waals surface area (Å²) in [4.78, 5) is 14.3. The van der Waals surface area contributed by atoms with Crippen molar-refractivity contribution in [1.29, 1.82) is 0 Å². The highest BCUT2D eigenvalue weighted by atomic mass is 16.5. The topological polar surface area (TPSA) is 49.8 Å². The van der Waals surface area contributed by atoms with Gasteiger partial charge in [-0.1, -0.05) is 12.8 Å². The average molecular weight is 271 g/mol. The van der Waals surface area contributed by atoms with Crippen LogP contribution in [0.25, 0.3) is 0 Å². The monoisotopic (exact) mass is 271 g/mol. The van der Waals surface area contributed by atoms with Crippen molar-refractivity contribution < 1.29 is 14.6 Å². The third kappa shape index (κ3) is 6.39. The Morgan fingerprint density at radius 1 is 1.42 bits per heavy atom. The first kappa shape index (κ1) is 16.4. The van der Waals surface area contributed by atoms with E-state index in [1.165, 1.54) is 12.8 Å². The zero-order valence-corrected chi connectivity index (χ0v) is 12.4. The van der Waals surface area contributed by atoms with E-state index in [1.54, 1.807) is 0 Å². The fraction of sp³-hybridized carbons (Fsp3) is 0.933. The summed E-state index contributed by atoms with van der Waals surface area (Å²) in [5.74, 6) is 0.229. The zero-order chi connectivity index (χ0) is 14.1. The molecule has 19 heavy (non-hydrogen) atoms. The van der Waals surface area contributed by atoms with Crippen LogP contribution >= 0.6 is 0 Å². The molecule has 1 fully saturated rings. The van der Waals surface area contributed by atoms with E-state index in [0.717, 1.165) is 25.8 Å². The quantitative estimate of drug-likeness (QED) is 0.723. The second-order valence-electron chi connectivity index (χ2n) is 5.48. The van der Waals surface area contributed by atoms with Gasteiger partial charge in [-0.3, -0.25) is 4.79 Å². The Kier molecular flexibility index (Phi) is 8.07. The lowest BCUT2D eigenvalue weighted by atomic mass is 10.0. The van der Waals surface area contributed by atoms with E-state index < -0.39 is 0 Å². The molecule has 1 N–H and O–H groups in total. The lowest BCUT2D eigenvalue weighted by Crippen LogP contribution is -2.41. The minimum absolute atomic E-state index is 0.224. The molecule has 0 aromatic carbocycles. The molecule has 1 aliphatic rings. The lowest BCUT2D eigenvalue weighted by molar-refractivity contribution is -0.134. The molecule has 2 atom stereocenters. The van der Waals surface area contributed by atoms with Crippen molar-refractivity contribution in [2.75, 3.05) is 19.8 Å². The molecule has 1 heterocycles. The number of nitrogens with zero attached hydrogens (tertiary/aromatic N) is 1. The summed E-state index contributed by atoms with van der Waals surface area (Å²) < 4.78 is 5.28. The summed E-state index contributed by atoms with van der Waals surface area (Å²) >= 11 is 0. The highest BCUT2D eigenvalue weighted by Crippen LogP contribution is 2.21. The summed E-state index contributed by atoms with van der Waals surface area (Å²) in [7, 11) is 0. The van der Waals surface area contributed by atoms with Crippen LogP contribution < -0.4 is 0 Å². The van der Waals surface area contributed by atoms with Gasteiger partial charge >= 0.3 is 0 Å². The maximum Gasteiger partial charge on any atom is 0.222 e. The van der Waals surface area contributed by atoms with Gasteiger partial charge in [0.15, 0.2) is 0 Å². The van der Waals surface area contributed by atoms with Gasteiger partial charge in [-0.2, -0.15) is 0 Å². The summed E-state index contributed by atoms with van der Waals surface area (Å²) in [6, 6.07) is 0.224. The zero-order valence-electron chi connectivity index (χ0n) is 12.4. The first-order chi connectivity index (χ1) is 9.15. The van der Waals surface area contributed by atoms with Crippen LogP contribution in [-0.4, -0.2) is 47.8 Å². The van der Waals surface area contributed by atoms with E-state index in [2.05, 4.69) is 0 Å². The molecule has 1 aliphatic heterocycles. The molecule has 4 nitrogen and oxygen atoms in total. The first-order valence-corrected chi connectivity index (χ1v) is 7.70. The fourth-order valence-corrected chi connectivity index (χ4v) is 2.76. The SMILES string of the molecule is CCOCCCC(=O)N1CCCCCC1CC(C)O. The van der Waals surface area contributed by atoms with Crippen LogP contribution in [0, 0.1) is 0 Å². The van der Waals surface area contributed by atoms with Crippen LogP contribution in [0.1, 0.15) is 58.8 Å². The Morgan fingerprint density at radius 2 is 2.21 bits per heavy atom. The smallest absolute Gasteiger partial charge is 0.222 e. The molecule has 0 radical (unpaired) electrons. The third-order valence-electron chi connectivity index (χ3n) is 3.69. The van der Waals surface area contributed by atoms with Gasteiger partial charge in [-0.05, 0) is 39.5 Å². The van der Waals surface area contributed by atoms with Crippen LogP contribution in [0.4, 0.5) is 0 Å². The molecule has 2 unspecified atom stereocenters. The summed E-state index contributed by atoms with van der Waals surface area (Å²) in [5.41, 5.74) is 0. The van der Waals surface area contributed by atoms with E-state index in [9.17, 15) is 9.90 Å². The number of likely N-dealkylation sites (tertiary alicyclic amines) is 1. The number of rotatable bonds is 7. The number of aliphatic hydroxyl groups excluding tert-OH is 1. The number of amides is 1. The second-order valence-corrected chi connectivity index (χ2v) is 5.48. The van der Waals surface area contributed by atoms with Gasteiger partial charge in [0.2, 0.25) is 5.91 Å². The number of ether oxygens (including phenoxy) is 1. The predicted molar refractivity (Wildman–Crippen MR) is 76.0 cm³/mol. The number of aliphatic hydroxyl groups is 1. The third-order valence-corrected chi connectivity index (χ3v) is 3.69. The van der Waals surface area contributed by atoms with Gasteiger partial charge in [-0.15, -0.1) is 0 Å². The maximum absolute atomic E-state index is 12.3. The van der Waals surface area contributed by atoms with Crippen molar-refractivity contribution in [3.8, 4) is 0 Å². The van der Waals surface area contributed by atoms with E-state index >= 15 is 0 Å². The predicted octanol–water partition coefficient (Wildman–Crippen LogP) is 2.35. The van der Waals surface area contributed by atoms with Gasteiger partial charge in [-0.25, -0.2) is 0 Å². The average Bonchev–Trinajstić information content (AvgIpc) is 2.59. The molecule has 1 rings (SSSR count). The summed E-state index contributed by atoms with van der Waals surface area (Å²) in [5, 5.41) is 9.58. The van der Waals surface area contributed by atoms with Crippen LogP contribution in [0.3, 0.4) is 0 Å². The van der Waals surface area contributed by atoms with E-state index in [1.807, 2.05) is 18.7 Å². The van der Waals surface area contributed by atoms with Gasteiger partial charge in [0.25, 0.3) is 0 Å². The number of hydrogen-bond acceptors (Lipinski definition) is 3. The molecule has 0 bridgehead atoms. The largest absolute Gasteiger partial charge is 0.393 e. The second kappa shape index (κ2) is 9.32. The molecule has 4 heteroatoms. The lowest BCUT2D eigenvalue weighted by Gasteiger charge is -2.31. The molecule has 1 amide bonds. The summed E-state index contributed by atoms with van der Waals surface area (Å²) in [6.07, 6.45) is 6.22. The van der Waals surface area contributed by atoms with Crippen molar-refractivity contribution >= 4 is 5.91 Å². The Hall–Kier alpha value is -0.610. The minimum Gasteiger partial charge on any atom is -0.393 e. The summed E-state index contributed by atoms with van der Waals surface area (Å²) in [6.45, 7) is 6.00. The highest BCUT2D eigenvalue weighted by Gasteiger charge is 2.25. The van der Waals surface area contributed by atoms with Crippen LogP contribution in [0.15, 0.2) is 0 Å². The fourth-order valence-electron chi connectivity index (χ4n) is 2.76. The molecular weight excluding hydrogens is 242 g/mol. The van der Waals surface area contributed by atoms with E-state index in [-0.39, 0.29) is 18.1 Å². The van der Waals surface area contributed by atoms with Crippen molar-refractivity contribution in [2.45, 2.75) is 70.9 Å². The van der Waals surface area contributed by atoms with Crippen molar-refractivity contribution in [3.63, 3.8) is 0 Å². The molecule has 0 aliphatic carbocycles. The molecule has 1 saturated heterocycles. The van der Waals surface area contributed by atoms with Crippen molar-refractivity contribution in [2.24, 2.45) is 0 Å². The molecule has 0 aromatic rings. The Labute approximate surface area is 117 Å². The molecule has 0 aromatic heterocycles. The number of carbonyl (C=O) groups is 1. The van der Waals surface area contributed by atoms with Gasteiger partial charge < -0.3 is 14.7 Å². The number of hydrogen-bond donors (Lipinski definition) is 1. The minimum atomic E-state index is -0.332. The van der Waals surface area contributed by atoms with Gasteiger partial charge in [0.1, 0.15) is 0 Å². The number of carbonyl (C=O) groups excluding carboxylic acids is 1. The standard InChI is InChI=1S/C15H29NO3/c1-3-19-11-7-9-15(18)16-10-6-4-5-8-14(16)12-13(2)17/h13-14,17H,3-12H2,1-2H3. The van der Waals surface area contributed by atoms with Gasteiger partial charge in [0, 0.05) is 32.2 Å². The van der Waals surface area contributed by atoms with Gasteiger partial charge in [0.05, 0.1) is 6.10 Å². The molecule has 0 saturated carbocycles. The molecule has 0 spiro atoms. The van der Waals surface area contributed by atoms with E-state index in [0.29, 0.717) is 26.1 Å². The Bertz CT molecular complexity index is 256. The first-order valence-electron chi connectivity index (χ1n) is 7.70. The van der Waals surface area contributed by atoms with Crippen LogP contribution in [0.2, 0.25) is 0 Å². The van der Waals surface area contributed by atoms with Crippen molar-refractivity contribution in [3.05, 3.63) is 0 Å². The Balaban J connectivity index is 2.45. The van der Waals surface area contributed by atoms with Crippen LogP contribution in [0.5, 0.6) is 0 Å². The van der Waals surface area contributed by atoms with Crippen molar-refractivity contribution in [1.82, 2.24) is 4.90 Å².